The maximum absolute atomic E-state index is 12.1. The number of fused-ring (bicyclic) bond motifs is 1. The third-order valence-electron chi connectivity index (χ3n) is 3.49. The molecule has 2 aliphatic heterocycles. The van der Waals surface area contributed by atoms with Crippen molar-refractivity contribution in [3.63, 3.8) is 0 Å². The monoisotopic (exact) mass is 277 g/mol. The summed E-state index contributed by atoms with van der Waals surface area (Å²) in [5, 5.41) is 4.36. The first-order chi connectivity index (χ1) is 9.49. The number of aryl methyl sites for hydroxylation is 1. The summed E-state index contributed by atoms with van der Waals surface area (Å²) in [5.74, 6) is 1.09. The van der Waals surface area contributed by atoms with Gasteiger partial charge in [0.05, 0.1) is 0 Å². The summed E-state index contributed by atoms with van der Waals surface area (Å²) in [6, 6.07) is 0. The molecule has 0 saturated carbocycles. The number of rotatable bonds is 4. The molecule has 0 N–H and O–H groups in total. The molecule has 0 saturated heterocycles. The molecule has 1 unspecified atom stereocenters. The number of nitrogens with zero attached hydrogens (tertiary/aromatic N) is 5. The van der Waals surface area contributed by atoms with Crippen LogP contribution < -0.4 is 11.2 Å². The summed E-state index contributed by atoms with van der Waals surface area (Å²) in [6.07, 6.45) is 2.90. The van der Waals surface area contributed by atoms with Crippen molar-refractivity contribution < 1.29 is 0 Å². The number of aromatic nitrogens is 5. The van der Waals surface area contributed by atoms with Gasteiger partial charge in [-0.1, -0.05) is 20.3 Å². The van der Waals surface area contributed by atoms with Crippen molar-refractivity contribution in [3.05, 3.63) is 26.7 Å². The first kappa shape index (κ1) is 14.4. The minimum absolute atomic E-state index is 0.203. The predicted octanol–water partition coefficient (Wildman–Crippen LogP) is 0.667. The second kappa shape index (κ2) is 5.52. The van der Waals surface area contributed by atoms with Gasteiger partial charge in [-0.25, -0.2) is 14.5 Å². The Balaban J connectivity index is 2.71. The SMILES string of the molecule is CCCC(CC)c1nc2c(=O)n(C)c(=O)nc-2n(C)n1. The van der Waals surface area contributed by atoms with E-state index < -0.39 is 11.2 Å². The molecular weight excluding hydrogens is 258 g/mol. The van der Waals surface area contributed by atoms with Gasteiger partial charge in [0.15, 0.2) is 17.3 Å². The molecule has 0 aromatic heterocycles. The van der Waals surface area contributed by atoms with E-state index in [-0.39, 0.29) is 17.4 Å². The van der Waals surface area contributed by atoms with Gasteiger partial charge in [-0.15, -0.1) is 0 Å². The van der Waals surface area contributed by atoms with Gasteiger partial charge >= 0.3 is 5.69 Å². The third kappa shape index (κ3) is 2.35. The zero-order valence-corrected chi connectivity index (χ0v) is 12.3. The van der Waals surface area contributed by atoms with Crippen LogP contribution in [-0.2, 0) is 14.1 Å². The molecule has 0 fully saturated rings. The van der Waals surface area contributed by atoms with Gasteiger partial charge in [-0.2, -0.15) is 10.1 Å². The highest BCUT2D eigenvalue weighted by atomic mass is 16.2. The van der Waals surface area contributed by atoms with Crippen molar-refractivity contribution in [2.24, 2.45) is 14.1 Å². The average molecular weight is 277 g/mol. The van der Waals surface area contributed by atoms with Crippen LogP contribution in [0.3, 0.4) is 0 Å². The summed E-state index contributed by atoms with van der Waals surface area (Å²) in [4.78, 5) is 31.9. The Morgan fingerprint density at radius 3 is 2.45 bits per heavy atom. The highest BCUT2D eigenvalue weighted by Crippen LogP contribution is 2.22. The fourth-order valence-corrected chi connectivity index (χ4v) is 2.26. The van der Waals surface area contributed by atoms with Gasteiger partial charge in [-0.05, 0) is 12.8 Å². The maximum Gasteiger partial charge on any atom is 0.352 e. The minimum atomic E-state index is -0.588. The lowest BCUT2D eigenvalue weighted by Gasteiger charge is -2.16. The van der Waals surface area contributed by atoms with E-state index in [9.17, 15) is 9.59 Å². The quantitative estimate of drug-likeness (QED) is 0.820. The third-order valence-corrected chi connectivity index (χ3v) is 3.49. The number of hydrogen-bond acceptors (Lipinski definition) is 5. The van der Waals surface area contributed by atoms with E-state index in [1.165, 1.54) is 11.7 Å². The van der Waals surface area contributed by atoms with Gasteiger partial charge in [-0.3, -0.25) is 9.36 Å². The van der Waals surface area contributed by atoms with E-state index in [2.05, 4.69) is 28.9 Å². The topological polar surface area (TPSA) is 82.7 Å². The molecule has 0 spiro atoms. The van der Waals surface area contributed by atoms with Crippen molar-refractivity contribution in [2.75, 3.05) is 0 Å². The van der Waals surface area contributed by atoms with Crippen LogP contribution >= 0.6 is 0 Å². The van der Waals surface area contributed by atoms with Gasteiger partial charge in [0.25, 0.3) is 5.56 Å². The predicted molar refractivity (Wildman–Crippen MR) is 74.9 cm³/mol. The van der Waals surface area contributed by atoms with E-state index in [1.54, 1.807) is 7.05 Å². The van der Waals surface area contributed by atoms with Crippen LogP contribution in [0.25, 0.3) is 11.5 Å². The fourth-order valence-electron chi connectivity index (χ4n) is 2.26. The lowest BCUT2D eigenvalue weighted by Crippen LogP contribution is -2.37. The zero-order chi connectivity index (χ0) is 14.9. The molecule has 0 bridgehead atoms. The Morgan fingerprint density at radius 1 is 1.15 bits per heavy atom. The first-order valence-electron chi connectivity index (χ1n) is 6.81. The zero-order valence-electron chi connectivity index (χ0n) is 12.3. The van der Waals surface area contributed by atoms with Crippen molar-refractivity contribution in [1.82, 2.24) is 24.3 Å². The summed E-state index contributed by atoms with van der Waals surface area (Å²) in [5.41, 5.74) is -0.810. The maximum atomic E-state index is 12.1. The van der Waals surface area contributed by atoms with E-state index in [1.807, 2.05) is 0 Å². The van der Waals surface area contributed by atoms with Crippen molar-refractivity contribution in [1.29, 1.82) is 0 Å². The Labute approximate surface area is 116 Å². The second-order valence-electron chi connectivity index (χ2n) is 4.92. The Bertz CT molecular complexity index is 703. The molecule has 7 heteroatoms. The highest BCUT2D eigenvalue weighted by molar-refractivity contribution is 5.47. The molecule has 0 aromatic rings. The summed E-state index contributed by atoms with van der Waals surface area (Å²) in [6.45, 7) is 4.18. The molecule has 0 amide bonds. The van der Waals surface area contributed by atoms with E-state index in [4.69, 9.17) is 0 Å². The van der Waals surface area contributed by atoms with Crippen LogP contribution in [-0.4, -0.2) is 24.3 Å². The Kier molecular flexibility index (Phi) is 3.96. The van der Waals surface area contributed by atoms with Crippen molar-refractivity contribution in [2.45, 2.75) is 39.0 Å². The van der Waals surface area contributed by atoms with Crippen LogP contribution in [0.2, 0.25) is 0 Å². The Morgan fingerprint density at radius 2 is 1.85 bits per heavy atom. The molecule has 2 heterocycles. The standard InChI is InChI=1S/C13H19N5O2/c1-5-7-8(6-2)10-14-9-11(18(4)16-10)15-13(20)17(3)12(9)19/h8H,5-7H2,1-4H3. The van der Waals surface area contributed by atoms with Crippen LogP contribution in [0.5, 0.6) is 0 Å². The van der Waals surface area contributed by atoms with E-state index >= 15 is 0 Å². The molecule has 0 radical (unpaired) electrons. The fraction of sp³-hybridized carbons (Fsp3) is 0.615. The van der Waals surface area contributed by atoms with Crippen molar-refractivity contribution in [3.8, 4) is 11.5 Å². The number of hydrogen-bond donors (Lipinski definition) is 0. The van der Waals surface area contributed by atoms with Crippen LogP contribution in [0.1, 0.15) is 44.9 Å². The molecule has 1 atom stereocenters. The van der Waals surface area contributed by atoms with Gasteiger partial charge in [0.2, 0.25) is 0 Å². The average Bonchev–Trinajstić information content (AvgIpc) is 2.43. The molecule has 0 aliphatic carbocycles. The largest absolute Gasteiger partial charge is 0.352 e. The molecule has 20 heavy (non-hydrogen) atoms. The van der Waals surface area contributed by atoms with E-state index in [0.29, 0.717) is 5.82 Å². The molecule has 0 aromatic carbocycles. The Hall–Kier alpha value is -2.05. The lowest BCUT2D eigenvalue weighted by atomic mass is 10.00. The van der Waals surface area contributed by atoms with Gasteiger partial charge in [0, 0.05) is 20.0 Å². The van der Waals surface area contributed by atoms with Crippen LogP contribution in [0, 0.1) is 0 Å². The minimum Gasteiger partial charge on any atom is -0.267 e. The molecule has 2 aliphatic rings. The smallest absolute Gasteiger partial charge is 0.267 e. The molecule has 7 nitrogen and oxygen atoms in total. The molecule has 2 rings (SSSR count). The molecular formula is C13H19N5O2. The normalized spacial score (nSPS) is 12.8. The molecule has 108 valence electrons. The second-order valence-corrected chi connectivity index (χ2v) is 4.92. The summed E-state index contributed by atoms with van der Waals surface area (Å²) < 4.78 is 2.44. The highest BCUT2D eigenvalue weighted by Gasteiger charge is 2.21. The van der Waals surface area contributed by atoms with Crippen LogP contribution in [0.15, 0.2) is 9.59 Å². The summed E-state index contributed by atoms with van der Waals surface area (Å²) in [7, 11) is 3.08. The summed E-state index contributed by atoms with van der Waals surface area (Å²) >= 11 is 0. The van der Waals surface area contributed by atoms with E-state index in [0.717, 1.165) is 23.8 Å². The van der Waals surface area contributed by atoms with Gasteiger partial charge in [0.1, 0.15) is 0 Å². The van der Waals surface area contributed by atoms with Gasteiger partial charge < -0.3 is 0 Å². The van der Waals surface area contributed by atoms with Crippen LogP contribution in [0.4, 0.5) is 0 Å². The first-order valence-corrected chi connectivity index (χ1v) is 6.81. The van der Waals surface area contributed by atoms with Crippen molar-refractivity contribution >= 4 is 0 Å². The lowest BCUT2D eigenvalue weighted by molar-refractivity contribution is 0.529.